The molecule has 1 amide bonds. The van der Waals surface area contributed by atoms with Gasteiger partial charge in [0.05, 0.1) is 30.0 Å². The standard InChI is InChI=1S/C22H23N3O3S2/c1-14-5-7-15(8-6-14)25-21(27)19-16-3-2-4-17(16)30-20(19)23-22(25)29-13-18(26)24-9-11-28-12-10-24/h5-8H,2-4,9-13H2,1H3. The number of hydrogen-bond acceptors (Lipinski definition) is 6. The van der Waals surface area contributed by atoms with Crippen molar-refractivity contribution in [2.24, 2.45) is 0 Å². The van der Waals surface area contributed by atoms with Crippen molar-refractivity contribution in [3.8, 4) is 5.69 Å². The van der Waals surface area contributed by atoms with E-state index in [0.29, 0.717) is 31.5 Å². The molecule has 0 spiro atoms. The summed E-state index contributed by atoms with van der Waals surface area (Å²) in [5.74, 6) is 0.316. The van der Waals surface area contributed by atoms with E-state index in [1.807, 2.05) is 36.1 Å². The molecule has 2 aliphatic rings. The number of carbonyl (C=O) groups is 1. The van der Waals surface area contributed by atoms with Crippen molar-refractivity contribution in [1.29, 1.82) is 0 Å². The molecule has 1 aliphatic heterocycles. The van der Waals surface area contributed by atoms with Gasteiger partial charge in [0.25, 0.3) is 5.56 Å². The van der Waals surface area contributed by atoms with Gasteiger partial charge in [0, 0.05) is 18.0 Å². The van der Waals surface area contributed by atoms with Crippen LogP contribution in [0.4, 0.5) is 0 Å². The molecule has 8 heteroatoms. The lowest BCUT2D eigenvalue weighted by Crippen LogP contribution is -2.41. The average molecular weight is 442 g/mol. The van der Waals surface area contributed by atoms with Crippen LogP contribution in [0, 0.1) is 6.92 Å². The van der Waals surface area contributed by atoms with E-state index in [-0.39, 0.29) is 17.2 Å². The fourth-order valence-corrected chi connectivity index (χ4v) is 6.29. The lowest BCUT2D eigenvalue weighted by Gasteiger charge is -2.26. The Morgan fingerprint density at radius 1 is 1.20 bits per heavy atom. The molecule has 2 aromatic heterocycles. The van der Waals surface area contributed by atoms with Crippen molar-refractivity contribution < 1.29 is 9.53 Å². The van der Waals surface area contributed by atoms with E-state index in [1.54, 1.807) is 15.9 Å². The van der Waals surface area contributed by atoms with E-state index in [2.05, 4.69) is 0 Å². The van der Waals surface area contributed by atoms with Crippen molar-refractivity contribution in [2.75, 3.05) is 32.1 Å². The van der Waals surface area contributed by atoms with Gasteiger partial charge in [-0.1, -0.05) is 29.5 Å². The van der Waals surface area contributed by atoms with E-state index >= 15 is 0 Å². The van der Waals surface area contributed by atoms with Gasteiger partial charge in [-0.3, -0.25) is 14.2 Å². The summed E-state index contributed by atoms with van der Waals surface area (Å²) in [5, 5.41) is 1.34. The minimum absolute atomic E-state index is 0.0235. The highest BCUT2D eigenvalue weighted by atomic mass is 32.2. The summed E-state index contributed by atoms with van der Waals surface area (Å²) in [7, 11) is 0. The molecule has 6 nitrogen and oxygen atoms in total. The highest BCUT2D eigenvalue weighted by molar-refractivity contribution is 7.99. The molecule has 1 aliphatic carbocycles. The van der Waals surface area contributed by atoms with E-state index in [1.165, 1.54) is 22.2 Å². The summed E-state index contributed by atoms with van der Waals surface area (Å²) in [6, 6.07) is 7.89. The van der Waals surface area contributed by atoms with Crippen molar-refractivity contribution >= 4 is 39.2 Å². The molecular formula is C22H23N3O3S2. The molecule has 1 saturated heterocycles. The summed E-state index contributed by atoms with van der Waals surface area (Å²) in [5.41, 5.74) is 3.08. The van der Waals surface area contributed by atoms with Crippen molar-refractivity contribution in [2.45, 2.75) is 31.3 Å². The minimum Gasteiger partial charge on any atom is -0.378 e. The SMILES string of the molecule is Cc1ccc(-n2c(SCC(=O)N3CCOCC3)nc3sc4c(c3c2=O)CCC4)cc1. The maximum atomic E-state index is 13.6. The number of amides is 1. The van der Waals surface area contributed by atoms with Gasteiger partial charge in [0.2, 0.25) is 5.91 Å². The lowest BCUT2D eigenvalue weighted by atomic mass is 10.2. The summed E-state index contributed by atoms with van der Waals surface area (Å²) in [6.45, 7) is 4.42. The second kappa shape index (κ2) is 8.17. The number of aryl methyl sites for hydroxylation is 3. The zero-order chi connectivity index (χ0) is 20.7. The third kappa shape index (κ3) is 3.57. The first-order valence-electron chi connectivity index (χ1n) is 10.2. The fraction of sp³-hybridized carbons (Fsp3) is 0.409. The number of aromatic nitrogens is 2. The monoisotopic (exact) mass is 441 g/mol. The Hall–Kier alpha value is -2.16. The molecule has 0 radical (unpaired) electrons. The number of benzene rings is 1. The lowest BCUT2D eigenvalue weighted by molar-refractivity contribution is -0.132. The molecule has 1 aromatic carbocycles. The Morgan fingerprint density at radius 2 is 1.97 bits per heavy atom. The Balaban J connectivity index is 1.55. The first-order chi connectivity index (χ1) is 14.6. The van der Waals surface area contributed by atoms with E-state index in [0.717, 1.165) is 40.7 Å². The highest BCUT2D eigenvalue weighted by Gasteiger charge is 2.25. The third-order valence-electron chi connectivity index (χ3n) is 5.69. The van der Waals surface area contributed by atoms with Crippen molar-refractivity contribution in [3.05, 3.63) is 50.6 Å². The minimum atomic E-state index is -0.0235. The first kappa shape index (κ1) is 19.8. The molecule has 0 bridgehead atoms. The third-order valence-corrected chi connectivity index (χ3v) is 7.80. The Kier molecular flexibility index (Phi) is 5.39. The van der Waals surface area contributed by atoms with Gasteiger partial charge < -0.3 is 9.64 Å². The van der Waals surface area contributed by atoms with E-state index in [9.17, 15) is 9.59 Å². The van der Waals surface area contributed by atoms with Crippen LogP contribution in [0.25, 0.3) is 15.9 Å². The number of ether oxygens (including phenoxy) is 1. The molecular weight excluding hydrogens is 418 g/mol. The molecule has 0 saturated carbocycles. The predicted octanol–water partition coefficient (Wildman–Crippen LogP) is 3.20. The van der Waals surface area contributed by atoms with E-state index < -0.39 is 0 Å². The van der Waals surface area contributed by atoms with Gasteiger partial charge >= 0.3 is 0 Å². The van der Waals surface area contributed by atoms with Gasteiger partial charge in [0.1, 0.15) is 4.83 Å². The van der Waals surface area contributed by atoms with Crippen LogP contribution >= 0.6 is 23.1 Å². The maximum Gasteiger partial charge on any atom is 0.267 e. The van der Waals surface area contributed by atoms with Crippen LogP contribution in [-0.4, -0.2) is 52.4 Å². The van der Waals surface area contributed by atoms with Crippen LogP contribution in [0.5, 0.6) is 0 Å². The van der Waals surface area contributed by atoms with Crippen LogP contribution in [-0.2, 0) is 22.4 Å². The van der Waals surface area contributed by atoms with Gasteiger partial charge in [-0.2, -0.15) is 0 Å². The highest BCUT2D eigenvalue weighted by Crippen LogP contribution is 2.36. The maximum absolute atomic E-state index is 13.6. The first-order valence-corrected chi connectivity index (χ1v) is 12.0. The second-order valence-electron chi connectivity index (χ2n) is 7.69. The van der Waals surface area contributed by atoms with Gasteiger partial charge in [0.15, 0.2) is 5.16 Å². The van der Waals surface area contributed by atoms with E-state index in [4.69, 9.17) is 9.72 Å². The van der Waals surface area contributed by atoms with Gasteiger partial charge in [-0.25, -0.2) is 4.98 Å². The fourth-order valence-electron chi connectivity index (χ4n) is 4.07. The Bertz CT molecular complexity index is 1160. The number of thioether (sulfide) groups is 1. The number of fused-ring (bicyclic) bond motifs is 3. The largest absolute Gasteiger partial charge is 0.378 e. The Morgan fingerprint density at radius 3 is 2.73 bits per heavy atom. The van der Waals surface area contributed by atoms with Crippen LogP contribution in [0.1, 0.15) is 22.4 Å². The molecule has 156 valence electrons. The normalized spacial score (nSPS) is 16.2. The van der Waals surface area contributed by atoms with Crippen LogP contribution in [0.2, 0.25) is 0 Å². The second-order valence-corrected chi connectivity index (χ2v) is 9.72. The number of nitrogens with zero attached hydrogens (tertiary/aromatic N) is 3. The summed E-state index contributed by atoms with van der Waals surface area (Å²) >= 11 is 2.98. The summed E-state index contributed by atoms with van der Waals surface area (Å²) in [4.78, 5) is 35.0. The molecule has 0 N–H and O–H groups in total. The summed E-state index contributed by atoms with van der Waals surface area (Å²) in [6.07, 6.45) is 3.08. The zero-order valence-electron chi connectivity index (χ0n) is 16.8. The molecule has 3 aromatic rings. The quantitative estimate of drug-likeness (QED) is 0.460. The number of thiophene rings is 1. The summed E-state index contributed by atoms with van der Waals surface area (Å²) < 4.78 is 7.02. The number of rotatable bonds is 4. The molecule has 0 atom stereocenters. The smallest absolute Gasteiger partial charge is 0.267 e. The van der Waals surface area contributed by atoms with Crippen LogP contribution in [0.3, 0.4) is 0 Å². The average Bonchev–Trinajstić information content (AvgIpc) is 3.34. The molecule has 0 unspecified atom stereocenters. The van der Waals surface area contributed by atoms with Crippen LogP contribution in [0.15, 0.2) is 34.2 Å². The van der Waals surface area contributed by atoms with Crippen molar-refractivity contribution in [3.63, 3.8) is 0 Å². The van der Waals surface area contributed by atoms with Gasteiger partial charge in [-0.15, -0.1) is 11.3 Å². The van der Waals surface area contributed by atoms with Crippen molar-refractivity contribution in [1.82, 2.24) is 14.5 Å². The Labute approximate surface area is 182 Å². The molecule has 5 rings (SSSR count). The number of morpholine rings is 1. The van der Waals surface area contributed by atoms with Crippen LogP contribution < -0.4 is 5.56 Å². The topological polar surface area (TPSA) is 64.4 Å². The zero-order valence-corrected chi connectivity index (χ0v) is 18.5. The number of carbonyl (C=O) groups excluding carboxylic acids is 1. The van der Waals surface area contributed by atoms with Gasteiger partial charge in [-0.05, 0) is 43.9 Å². The molecule has 30 heavy (non-hydrogen) atoms. The molecule has 1 fully saturated rings. The predicted molar refractivity (Wildman–Crippen MR) is 120 cm³/mol. The molecule has 3 heterocycles. The number of hydrogen-bond donors (Lipinski definition) is 0.